The Morgan fingerprint density at radius 3 is 2.56 bits per heavy atom. The van der Waals surface area contributed by atoms with Gasteiger partial charge in [-0.3, -0.25) is 4.90 Å². The largest absolute Gasteiger partial charge is 0.494 e. The lowest BCUT2D eigenvalue weighted by Gasteiger charge is -2.42. The molecule has 6 rings (SSSR count). The highest BCUT2D eigenvalue weighted by atomic mass is 32.2. The molecule has 2 saturated heterocycles. The van der Waals surface area contributed by atoms with Crippen LogP contribution in [0.5, 0.6) is 11.6 Å². The summed E-state index contributed by atoms with van der Waals surface area (Å²) in [5.74, 6) is 1.85. The molecule has 43 heavy (non-hydrogen) atoms. The fraction of sp³-hybridized carbons (Fsp3) is 0.455. The number of nitrogens with zero attached hydrogens (tertiary/aromatic N) is 5. The van der Waals surface area contributed by atoms with Crippen LogP contribution < -0.4 is 19.7 Å². The molecule has 2 fully saturated rings. The molecule has 4 heterocycles. The van der Waals surface area contributed by atoms with Gasteiger partial charge >= 0.3 is 0 Å². The van der Waals surface area contributed by atoms with Gasteiger partial charge in [-0.1, -0.05) is 32.0 Å². The third kappa shape index (κ3) is 7.20. The normalized spacial score (nSPS) is 17.1. The van der Waals surface area contributed by atoms with Gasteiger partial charge in [0.2, 0.25) is 11.8 Å². The minimum absolute atomic E-state index is 0.447. The molecule has 0 atom stereocenters. The summed E-state index contributed by atoms with van der Waals surface area (Å²) in [4.78, 5) is 18.4. The summed E-state index contributed by atoms with van der Waals surface area (Å²) in [7, 11) is 3.94. The average Bonchev–Trinajstić information content (AvgIpc) is 3.50. The third-order valence-electron chi connectivity index (χ3n) is 8.29. The van der Waals surface area contributed by atoms with Gasteiger partial charge in [-0.15, -0.1) is 23.1 Å². The number of likely N-dealkylation sites (N-methyl/N-ethyl adjacent to an activating group) is 1. The number of thiophene rings is 1. The Bertz CT molecular complexity index is 1510. The molecule has 2 aliphatic heterocycles. The Morgan fingerprint density at radius 1 is 1.00 bits per heavy atom. The number of thioether (sulfide) groups is 1. The van der Waals surface area contributed by atoms with E-state index in [1.807, 2.05) is 23.2 Å². The maximum absolute atomic E-state index is 6.34. The number of hydrogen-bond acceptors (Lipinski definition) is 10. The number of piperidine rings is 1. The zero-order valence-corrected chi connectivity index (χ0v) is 27.2. The summed E-state index contributed by atoms with van der Waals surface area (Å²) in [5, 5.41) is 5.93. The fourth-order valence-corrected chi connectivity index (χ4v) is 7.62. The third-order valence-corrected chi connectivity index (χ3v) is 10.3. The van der Waals surface area contributed by atoms with Crippen LogP contribution in [0.1, 0.15) is 32.3 Å². The van der Waals surface area contributed by atoms with Crippen molar-refractivity contribution in [2.75, 3.05) is 63.6 Å². The van der Waals surface area contributed by atoms with Crippen molar-refractivity contribution in [3.05, 3.63) is 59.5 Å². The summed E-state index contributed by atoms with van der Waals surface area (Å²) >= 11 is 3.44. The van der Waals surface area contributed by atoms with E-state index in [2.05, 4.69) is 83.4 Å². The van der Waals surface area contributed by atoms with Crippen molar-refractivity contribution in [3.63, 3.8) is 0 Å². The fourth-order valence-electron chi connectivity index (χ4n) is 5.91. The van der Waals surface area contributed by atoms with Crippen molar-refractivity contribution >= 4 is 50.6 Å². The molecule has 0 radical (unpaired) electrons. The highest BCUT2D eigenvalue weighted by Crippen LogP contribution is 2.36. The quantitative estimate of drug-likeness (QED) is 0.195. The van der Waals surface area contributed by atoms with Gasteiger partial charge in [0.05, 0.1) is 18.3 Å². The van der Waals surface area contributed by atoms with Crippen molar-refractivity contribution in [2.45, 2.75) is 49.5 Å². The SMILES string of the molecule is COc1cc(N2CCC(N3CCN(C)CC3)CC2)ccc1Nc1nc(OCc2ccccc2SC(C)C)c2sccc2n1. The Balaban J connectivity index is 1.14. The standard InChI is InChI=1S/C33H42N6O2S2/c1-23(2)43-30-8-6-5-7-24(30)22-41-32-31-28(13-20-42-31)35-33(36-32)34-27-10-9-26(21-29(27)40-4)38-14-11-25(12-15-38)39-18-16-37(3)17-19-39/h5-10,13,20-21,23,25H,11-12,14-19,22H2,1-4H3,(H,34,35,36). The van der Waals surface area contributed by atoms with Crippen LogP contribution in [-0.2, 0) is 6.61 Å². The number of aromatic nitrogens is 2. The molecule has 1 N–H and O–H groups in total. The highest BCUT2D eigenvalue weighted by molar-refractivity contribution is 8.00. The summed E-state index contributed by atoms with van der Waals surface area (Å²) < 4.78 is 13.1. The maximum atomic E-state index is 6.34. The van der Waals surface area contributed by atoms with Crippen molar-refractivity contribution in [1.82, 2.24) is 19.8 Å². The first-order valence-electron chi connectivity index (χ1n) is 15.2. The minimum atomic E-state index is 0.447. The zero-order valence-electron chi connectivity index (χ0n) is 25.6. The lowest BCUT2D eigenvalue weighted by atomic mass is 10.0. The van der Waals surface area contributed by atoms with E-state index in [1.54, 1.807) is 18.4 Å². The van der Waals surface area contributed by atoms with Gasteiger partial charge in [-0.2, -0.15) is 4.98 Å². The van der Waals surface area contributed by atoms with Crippen LogP contribution in [0, 0.1) is 0 Å². The Hall–Kier alpha value is -3.05. The van der Waals surface area contributed by atoms with Crippen LogP contribution in [0.25, 0.3) is 10.2 Å². The number of hydrogen-bond donors (Lipinski definition) is 1. The van der Waals surface area contributed by atoms with Crippen LogP contribution in [0.15, 0.2) is 58.8 Å². The van der Waals surface area contributed by atoms with E-state index in [0.29, 0.717) is 29.7 Å². The maximum Gasteiger partial charge on any atom is 0.237 e. The van der Waals surface area contributed by atoms with Crippen LogP contribution in [0.4, 0.5) is 17.3 Å². The predicted molar refractivity (Wildman–Crippen MR) is 180 cm³/mol. The minimum Gasteiger partial charge on any atom is -0.494 e. The lowest BCUT2D eigenvalue weighted by Crippen LogP contribution is -2.52. The Labute approximate surface area is 263 Å². The summed E-state index contributed by atoms with van der Waals surface area (Å²) in [6.07, 6.45) is 2.40. The van der Waals surface area contributed by atoms with Crippen molar-refractivity contribution < 1.29 is 9.47 Å². The van der Waals surface area contributed by atoms with Crippen LogP contribution in [0.2, 0.25) is 0 Å². The zero-order chi connectivity index (χ0) is 29.8. The van der Waals surface area contributed by atoms with Crippen molar-refractivity contribution in [1.29, 1.82) is 0 Å². The topological polar surface area (TPSA) is 66.0 Å². The summed E-state index contributed by atoms with van der Waals surface area (Å²) in [6.45, 7) is 11.7. The first kappa shape index (κ1) is 30.0. The van der Waals surface area contributed by atoms with Gasteiger partial charge in [0.1, 0.15) is 17.1 Å². The van der Waals surface area contributed by atoms with E-state index >= 15 is 0 Å². The molecule has 4 aromatic rings. The van der Waals surface area contributed by atoms with E-state index in [1.165, 1.54) is 49.6 Å². The summed E-state index contributed by atoms with van der Waals surface area (Å²) in [6, 6.07) is 17.5. The first-order valence-corrected chi connectivity index (χ1v) is 17.0. The summed E-state index contributed by atoms with van der Waals surface area (Å²) in [5.41, 5.74) is 4.04. The van der Waals surface area contributed by atoms with E-state index in [4.69, 9.17) is 19.4 Å². The Kier molecular flexibility index (Phi) is 9.57. The molecule has 0 amide bonds. The molecule has 0 saturated carbocycles. The van der Waals surface area contributed by atoms with Gasteiger partial charge in [0.25, 0.3) is 0 Å². The molecule has 228 valence electrons. The van der Waals surface area contributed by atoms with Crippen LogP contribution >= 0.6 is 23.1 Å². The second-order valence-corrected chi connectivity index (χ2v) is 14.2. The molecule has 10 heteroatoms. The van der Waals surface area contributed by atoms with Crippen LogP contribution in [0.3, 0.4) is 0 Å². The lowest BCUT2D eigenvalue weighted by molar-refractivity contribution is 0.0982. The molecular formula is C33H42N6O2S2. The molecule has 0 bridgehead atoms. The van der Waals surface area contributed by atoms with Gasteiger partial charge in [-0.05, 0) is 49.5 Å². The molecule has 0 unspecified atom stereocenters. The smallest absolute Gasteiger partial charge is 0.237 e. The number of piperazine rings is 1. The molecule has 2 aromatic heterocycles. The van der Waals surface area contributed by atoms with Crippen LogP contribution in [-0.4, -0.2) is 84.5 Å². The van der Waals surface area contributed by atoms with Crippen molar-refractivity contribution in [2.24, 2.45) is 0 Å². The molecule has 2 aliphatic rings. The number of fused-ring (bicyclic) bond motifs is 1. The number of benzene rings is 2. The van der Waals surface area contributed by atoms with Gasteiger partial charge < -0.3 is 24.6 Å². The second kappa shape index (κ2) is 13.7. The number of rotatable bonds is 10. The van der Waals surface area contributed by atoms with E-state index < -0.39 is 0 Å². The monoisotopic (exact) mass is 618 g/mol. The number of nitrogens with one attached hydrogen (secondary N) is 1. The number of ether oxygens (including phenoxy) is 2. The Morgan fingerprint density at radius 2 is 1.79 bits per heavy atom. The predicted octanol–water partition coefficient (Wildman–Crippen LogP) is 6.74. The average molecular weight is 619 g/mol. The van der Waals surface area contributed by atoms with E-state index in [-0.39, 0.29) is 0 Å². The molecule has 0 aliphatic carbocycles. The van der Waals surface area contributed by atoms with Crippen molar-refractivity contribution in [3.8, 4) is 11.6 Å². The highest BCUT2D eigenvalue weighted by Gasteiger charge is 2.27. The van der Waals surface area contributed by atoms with Gasteiger partial charge in [0.15, 0.2) is 0 Å². The first-order chi connectivity index (χ1) is 21.0. The number of anilines is 3. The second-order valence-electron chi connectivity index (χ2n) is 11.6. The van der Waals surface area contributed by atoms with E-state index in [0.717, 1.165) is 40.3 Å². The molecule has 0 spiro atoms. The molecular weight excluding hydrogens is 577 g/mol. The van der Waals surface area contributed by atoms with Gasteiger partial charge in [0, 0.05) is 72.8 Å². The van der Waals surface area contributed by atoms with Gasteiger partial charge in [-0.25, -0.2) is 4.98 Å². The van der Waals surface area contributed by atoms with E-state index in [9.17, 15) is 0 Å². The number of methoxy groups -OCH3 is 1. The molecule has 2 aromatic carbocycles. The molecule has 8 nitrogen and oxygen atoms in total.